The van der Waals surface area contributed by atoms with Crippen LogP contribution in [0.4, 0.5) is 0 Å². The van der Waals surface area contributed by atoms with Crippen LogP contribution < -0.4 is 0 Å². The van der Waals surface area contributed by atoms with E-state index in [4.69, 9.17) is 16.3 Å². The van der Waals surface area contributed by atoms with Crippen molar-refractivity contribution < 1.29 is 9.53 Å². The van der Waals surface area contributed by atoms with E-state index in [0.29, 0.717) is 30.5 Å². The molecule has 0 aliphatic heterocycles. The topological polar surface area (TPSA) is 44.1 Å². The van der Waals surface area contributed by atoms with Crippen LogP contribution in [-0.4, -0.2) is 22.1 Å². The first-order valence-electron chi connectivity index (χ1n) is 6.92. The fourth-order valence-electron chi connectivity index (χ4n) is 2.54. The molecule has 0 amide bonds. The first kappa shape index (κ1) is 14.9. The van der Waals surface area contributed by atoms with E-state index in [2.05, 4.69) is 16.8 Å². The maximum atomic E-state index is 12.2. The highest BCUT2D eigenvalue weighted by molar-refractivity contribution is 6.28. The molecule has 0 spiro atoms. The van der Waals surface area contributed by atoms with Gasteiger partial charge in [0.05, 0.1) is 18.8 Å². The summed E-state index contributed by atoms with van der Waals surface area (Å²) in [5.41, 5.74) is 1.00. The van der Waals surface area contributed by atoms with Crippen molar-refractivity contribution in [1.82, 2.24) is 9.55 Å². The summed E-state index contributed by atoms with van der Waals surface area (Å²) in [4.78, 5) is 16.4. The van der Waals surface area contributed by atoms with Gasteiger partial charge in [0.1, 0.15) is 0 Å². The number of hydrogen-bond acceptors (Lipinski definition) is 3. The van der Waals surface area contributed by atoms with Crippen LogP contribution in [0.25, 0.3) is 0 Å². The SMILES string of the molecule is CC#CCn1c(Cl)nc(C)c1C(=O)OCC1CCCC1. The summed E-state index contributed by atoms with van der Waals surface area (Å²) >= 11 is 6.03. The average Bonchev–Trinajstić information content (AvgIpc) is 3.02. The molecule has 1 saturated carbocycles. The maximum absolute atomic E-state index is 12.2. The standard InChI is InChI=1S/C15H19ClN2O2/c1-3-4-9-18-13(11(2)17-15(18)16)14(19)20-10-12-7-5-6-8-12/h12H,5-10H2,1-2H3. The van der Waals surface area contributed by atoms with E-state index in [1.54, 1.807) is 18.4 Å². The highest BCUT2D eigenvalue weighted by atomic mass is 35.5. The molecule has 1 fully saturated rings. The predicted octanol–water partition coefficient (Wildman–Crippen LogP) is 3.22. The number of halogens is 1. The van der Waals surface area contributed by atoms with Gasteiger partial charge in [0.25, 0.3) is 0 Å². The monoisotopic (exact) mass is 294 g/mol. The Kier molecular flexibility index (Phi) is 5.08. The van der Waals surface area contributed by atoms with Gasteiger partial charge in [-0.15, -0.1) is 5.92 Å². The van der Waals surface area contributed by atoms with E-state index < -0.39 is 0 Å². The number of nitrogens with zero attached hydrogens (tertiary/aromatic N) is 2. The van der Waals surface area contributed by atoms with Crippen molar-refractivity contribution >= 4 is 17.6 Å². The Morgan fingerprint density at radius 3 is 2.85 bits per heavy atom. The normalized spacial score (nSPS) is 14.9. The van der Waals surface area contributed by atoms with Crippen LogP contribution in [0.3, 0.4) is 0 Å². The summed E-state index contributed by atoms with van der Waals surface area (Å²) in [5, 5.41) is 0.276. The zero-order valence-corrected chi connectivity index (χ0v) is 12.7. The third-order valence-electron chi connectivity index (χ3n) is 3.63. The lowest BCUT2D eigenvalue weighted by Gasteiger charge is -2.11. The lowest BCUT2D eigenvalue weighted by molar-refractivity contribution is 0.0430. The minimum Gasteiger partial charge on any atom is -0.461 e. The van der Waals surface area contributed by atoms with Crippen LogP contribution in [-0.2, 0) is 11.3 Å². The molecule has 1 aliphatic carbocycles. The summed E-state index contributed by atoms with van der Waals surface area (Å²) in [5.74, 6) is 5.82. The molecule has 0 bridgehead atoms. The molecule has 0 atom stereocenters. The summed E-state index contributed by atoms with van der Waals surface area (Å²) in [6, 6.07) is 0. The number of ether oxygens (including phenoxy) is 1. The van der Waals surface area contributed by atoms with Crippen LogP contribution in [0, 0.1) is 24.7 Å². The fourth-order valence-corrected chi connectivity index (χ4v) is 2.81. The molecule has 2 rings (SSSR count). The van der Waals surface area contributed by atoms with E-state index in [1.165, 1.54) is 12.8 Å². The summed E-state index contributed by atoms with van der Waals surface area (Å²) < 4.78 is 7.02. The highest BCUT2D eigenvalue weighted by Crippen LogP contribution is 2.25. The quantitative estimate of drug-likeness (QED) is 0.632. The largest absolute Gasteiger partial charge is 0.461 e. The molecule has 1 heterocycles. The van der Waals surface area contributed by atoms with Crippen molar-refractivity contribution in [3.8, 4) is 11.8 Å². The van der Waals surface area contributed by atoms with Gasteiger partial charge >= 0.3 is 5.97 Å². The lowest BCUT2D eigenvalue weighted by Crippen LogP contribution is -2.17. The van der Waals surface area contributed by atoms with Gasteiger partial charge in [-0.05, 0) is 44.2 Å². The second-order valence-electron chi connectivity index (χ2n) is 5.08. The Labute approximate surface area is 124 Å². The molecule has 0 unspecified atom stereocenters. The molecule has 5 heteroatoms. The predicted molar refractivity (Wildman–Crippen MR) is 77.7 cm³/mol. The number of rotatable bonds is 4. The molecule has 0 saturated heterocycles. The molecule has 0 N–H and O–H groups in total. The molecule has 0 radical (unpaired) electrons. The van der Waals surface area contributed by atoms with Crippen LogP contribution in [0.1, 0.15) is 48.8 Å². The molecular formula is C15H19ClN2O2. The molecule has 108 valence electrons. The molecule has 1 aliphatic rings. The van der Waals surface area contributed by atoms with Gasteiger partial charge in [-0.2, -0.15) is 0 Å². The fraction of sp³-hybridized carbons (Fsp3) is 0.600. The molecular weight excluding hydrogens is 276 g/mol. The maximum Gasteiger partial charge on any atom is 0.356 e. The van der Waals surface area contributed by atoms with Gasteiger partial charge < -0.3 is 4.74 Å². The number of imidazole rings is 1. The van der Waals surface area contributed by atoms with Crippen molar-refractivity contribution in [1.29, 1.82) is 0 Å². The molecule has 1 aromatic heterocycles. The summed E-state index contributed by atoms with van der Waals surface area (Å²) in [6.45, 7) is 4.34. The number of aromatic nitrogens is 2. The van der Waals surface area contributed by atoms with E-state index in [1.807, 2.05) is 0 Å². The highest BCUT2D eigenvalue weighted by Gasteiger charge is 2.23. The number of carbonyl (C=O) groups excluding carboxylic acids is 1. The number of aryl methyl sites for hydroxylation is 1. The van der Waals surface area contributed by atoms with Gasteiger partial charge in [0, 0.05) is 0 Å². The van der Waals surface area contributed by atoms with Crippen molar-refractivity contribution in [2.45, 2.75) is 46.1 Å². The zero-order valence-electron chi connectivity index (χ0n) is 11.9. The van der Waals surface area contributed by atoms with Crippen molar-refractivity contribution in [2.75, 3.05) is 6.61 Å². The van der Waals surface area contributed by atoms with Crippen molar-refractivity contribution in [3.05, 3.63) is 16.7 Å². The number of carbonyl (C=O) groups is 1. The van der Waals surface area contributed by atoms with Gasteiger partial charge in [-0.3, -0.25) is 4.57 Å². The van der Waals surface area contributed by atoms with E-state index in [-0.39, 0.29) is 11.3 Å². The average molecular weight is 295 g/mol. The first-order chi connectivity index (χ1) is 9.63. The Hall–Kier alpha value is -1.47. The minimum absolute atomic E-state index is 0.276. The van der Waals surface area contributed by atoms with Crippen molar-refractivity contribution in [3.63, 3.8) is 0 Å². The second-order valence-corrected chi connectivity index (χ2v) is 5.41. The van der Waals surface area contributed by atoms with Gasteiger partial charge in [0.2, 0.25) is 5.28 Å². The number of esters is 1. The zero-order chi connectivity index (χ0) is 14.5. The van der Waals surface area contributed by atoms with Crippen LogP contribution in [0.5, 0.6) is 0 Å². The molecule has 4 nitrogen and oxygen atoms in total. The van der Waals surface area contributed by atoms with E-state index in [0.717, 1.165) is 12.8 Å². The van der Waals surface area contributed by atoms with Crippen molar-refractivity contribution in [2.24, 2.45) is 5.92 Å². The Bertz CT molecular complexity index is 548. The minimum atomic E-state index is -0.355. The Balaban J connectivity index is 2.08. The second kappa shape index (κ2) is 6.81. The molecule has 1 aromatic rings. The Morgan fingerprint density at radius 1 is 1.50 bits per heavy atom. The third kappa shape index (κ3) is 3.34. The molecule has 20 heavy (non-hydrogen) atoms. The van der Waals surface area contributed by atoms with Crippen LogP contribution >= 0.6 is 11.6 Å². The third-order valence-corrected chi connectivity index (χ3v) is 3.92. The van der Waals surface area contributed by atoms with Gasteiger partial charge in [-0.25, -0.2) is 9.78 Å². The van der Waals surface area contributed by atoms with Gasteiger partial charge in [0.15, 0.2) is 5.69 Å². The molecule has 0 aromatic carbocycles. The summed E-state index contributed by atoms with van der Waals surface area (Å²) in [7, 11) is 0. The van der Waals surface area contributed by atoms with E-state index >= 15 is 0 Å². The number of hydrogen-bond donors (Lipinski definition) is 0. The van der Waals surface area contributed by atoms with Crippen LogP contribution in [0.15, 0.2) is 0 Å². The van der Waals surface area contributed by atoms with E-state index in [9.17, 15) is 4.79 Å². The smallest absolute Gasteiger partial charge is 0.356 e. The summed E-state index contributed by atoms with van der Waals surface area (Å²) in [6.07, 6.45) is 4.76. The van der Waals surface area contributed by atoms with Gasteiger partial charge in [-0.1, -0.05) is 18.8 Å². The lowest BCUT2D eigenvalue weighted by atomic mass is 10.1. The Morgan fingerprint density at radius 2 is 2.20 bits per heavy atom. The van der Waals surface area contributed by atoms with Crippen LogP contribution in [0.2, 0.25) is 5.28 Å². The first-order valence-corrected chi connectivity index (χ1v) is 7.30.